The van der Waals surface area contributed by atoms with Crippen LogP contribution in [0.5, 0.6) is 5.75 Å². The van der Waals surface area contributed by atoms with Crippen LogP contribution >= 0.6 is 0 Å². The zero-order chi connectivity index (χ0) is 31.0. The number of aromatic nitrogens is 2. The Hall–Kier alpha value is -3.50. The monoisotopic (exact) mass is 595 g/mol. The largest absolute Gasteiger partial charge is 0.497 e. The van der Waals surface area contributed by atoms with Crippen LogP contribution in [-0.2, 0) is 10.2 Å². The summed E-state index contributed by atoms with van der Waals surface area (Å²) in [6.45, 7) is 6.96. The van der Waals surface area contributed by atoms with Crippen molar-refractivity contribution in [3.63, 3.8) is 0 Å². The summed E-state index contributed by atoms with van der Waals surface area (Å²) >= 11 is 0. The highest BCUT2D eigenvalue weighted by Gasteiger charge is 2.49. The molecule has 43 heavy (non-hydrogen) atoms. The molecule has 2 fully saturated rings. The van der Waals surface area contributed by atoms with Gasteiger partial charge in [-0.25, -0.2) is 8.78 Å². The van der Waals surface area contributed by atoms with Gasteiger partial charge in [0.2, 0.25) is 0 Å². The summed E-state index contributed by atoms with van der Waals surface area (Å²) in [6, 6.07) is 8.35. The molecular formula is C33H39F2N3O5. The topological polar surface area (TPSA) is 106 Å². The number of carbonyl (C=O) groups is 2. The van der Waals surface area contributed by atoms with Crippen molar-refractivity contribution in [2.75, 3.05) is 20.2 Å². The standard InChI is InChI=1S/C33H39F2N3O5/c1-31(2,30-14-24(42-4)9-12-36-30)16-23(39)17-33(19-38(20-33)22-7-10-32(3,41)11-8-22)18-28(40)27-15-29(43-37-27)25-6-5-21(34)13-26(25)35/h5-6,9,12-15,22,41H,7-8,10-11,16-20H2,1-4H3. The van der Waals surface area contributed by atoms with E-state index < -0.39 is 28.1 Å². The van der Waals surface area contributed by atoms with Crippen molar-refractivity contribution < 1.29 is 32.7 Å². The molecule has 1 aliphatic carbocycles. The first-order valence-corrected chi connectivity index (χ1v) is 14.7. The minimum Gasteiger partial charge on any atom is -0.497 e. The molecule has 1 N–H and O–H groups in total. The molecule has 0 atom stereocenters. The summed E-state index contributed by atoms with van der Waals surface area (Å²) in [4.78, 5) is 33.9. The molecule has 0 unspecified atom stereocenters. The average molecular weight is 596 g/mol. The van der Waals surface area contributed by atoms with E-state index in [1.54, 1.807) is 19.4 Å². The molecular weight excluding hydrogens is 556 g/mol. The molecule has 3 aromatic rings. The van der Waals surface area contributed by atoms with Crippen molar-refractivity contribution >= 4 is 11.6 Å². The molecule has 1 aromatic carbocycles. The van der Waals surface area contributed by atoms with Gasteiger partial charge in [-0.1, -0.05) is 19.0 Å². The highest BCUT2D eigenvalue weighted by molar-refractivity contribution is 5.96. The number of pyridine rings is 1. The number of aliphatic hydroxyl groups is 1. The van der Waals surface area contributed by atoms with E-state index in [1.807, 2.05) is 26.8 Å². The second-order valence-electron chi connectivity index (χ2n) is 13.3. The van der Waals surface area contributed by atoms with Crippen molar-refractivity contribution in [3.05, 3.63) is 65.6 Å². The lowest BCUT2D eigenvalue weighted by Gasteiger charge is -2.54. The van der Waals surface area contributed by atoms with Crippen molar-refractivity contribution in [2.45, 2.75) is 82.8 Å². The second-order valence-corrected chi connectivity index (χ2v) is 13.3. The van der Waals surface area contributed by atoms with Gasteiger partial charge in [-0.3, -0.25) is 19.5 Å². The summed E-state index contributed by atoms with van der Waals surface area (Å²) in [7, 11) is 1.59. The number of Topliss-reactive ketones (excluding diaryl/α,β-unsaturated/α-hetero) is 2. The Morgan fingerprint density at radius 3 is 2.51 bits per heavy atom. The zero-order valence-corrected chi connectivity index (χ0v) is 25.2. The van der Waals surface area contributed by atoms with E-state index in [0.717, 1.165) is 30.7 Å². The predicted molar refractivity (Wildman–Crippen MR) is 156 cm³/mol. The van der Waals surface area contributed by atoms with Crippen molar-refractivity contribution in [1.29, 1.82) is 0 Å². The van der Waals surface area contributed by atoms with Gasteiger partial charge >= 0.3 is 0 Å². The lowest BCUT2D eigenvalue weighted by atomic mass is 9.68. The van der Waals surface area contributed by atoms with Crippen LogP contribution in [0.3, 0.4) is 0 Å². The quantitative estimate of drug-likeness (QED) is 0.273. The molecule has 1 saturated heterocycles. The van der Waals surface area contributed by atoms with Gasteiger partial charge in [0.15, 0.2) is 11.5 Å². The van der Waals surface area contributed by atoms with Crippen molar-refractivity contribution in [2.24, 2.45) is 5.41 Å². The third-order valence-corrected chi connectivity index (χ3v) is 9.03. The Bertz CT molecular complexity index is 1490. The summed E-state index contributed by atoms with van der Waals surface area (Å²) in [5.74, 6) is -1.10. The van der Waals surface area contributed by atoms with E-state index in [-0.39, 0.29) is 53.9 Å². The molecule has 0 amide bonds. The molecule has 0 spiro atoms. The number of hydrogen-bond donors (Lipinski definition) is 1. The SMILES string of the molecule is COc1ccnc(C(C)(C)CC(=O)CC2(CC(=O)c3cc(-c4ccc(F)cc4F)on3)CN(C3CCC(C)(O)CC3)C2)c1. The molecule has 1 aliphatic heterocycles. The Kier molecular flexibility index (Phi) is 8.55. The first-order valence-electron chi connectivity index (χ1n) is 14.7. The van der Waals surface area contributed by atoms with Crippen LogP contribution in [-0.4, -0.2) is 63.6 Å². The van der Waals surface area contributed by atoms with Crippen LogP contribution < -0.4 is 4.74 Å². The summed E-state index contributed by atoms with van der Waals surface area (Å²) < 4.78 is 38.3. The number of methoxy groups -OCH3 is 1. The van der Waals surface area contributed by atoms with E-state index in [9.17, 15) is 23.5 Å². The van der Waals surface area contributed by atoms with Gasteiger partial charge in [0.05, 0.1) is 24.0 Å². The molecule has 3 heterocycles. The van der Waals surface area contributed by atoms with E-state index in [2.05, 4.69) is 15.0 Å². The number of likely N-dealkylation sites (tertiary alicyclic amines) is 1. The molecule has 230 valence electrons. The molecule has 10 heteroatoms. The fourth-order valence-corrected chi connectivity index (χ4v) is 6.58. The third-order valence-electron chi connectivity index (χ3n) is 9.03. The number of rotatable bonds is 11. The van der Waals surface area contributed by atoms with Crippen LogP contribution in [0.25, 0.3) is 11.3 Å². The van der Waals surface area contributed by atoms with Gasteiger partial charge in [-0.15, -0.1) is 0 Å². The van der Waals surface area contributed by atoms with Crippen LogP contribution in [0, 0.1) is 17.0 Å². The molecule has 1 saturated carbocycles. The lowest BCUT2D eigenvalue weighted by molar-refractivity contribution is -0.128. The Balaban J connectivity index is 1.31. The Morgan fingerprint density at radius 1 is 1.12 bits per heavy atom. The summed E-state index contributed by atoms with van der Waals surface area (Å²) in [5.41, 5.74) is -0.994. The third kappa shape index (κ3) is 7.02. The highest BCUT2D eigenvalue weighted by Crippen LogP contribution is 2.44. The van der Waals surface area contributed by atoms with Crippen molar-refractivity contribution in [3.8, 4) is 17.1 Å². The summed E-state index contributed by atoms with van der Waals surface area (Å²) in [6.07, 6.45) is 5.33. The second kappa shape index (κ2) is 11.9. The molecule has 8 nitrogen and oxygen atoms in total. The number of benzene rings is 1. The van der Waals surface area contributed by atoms with Crippen LogP contribution in [0.4, 0.5) is 8.78 Å². The maximum absolute atomic E-state index is 14.3. The Morgan fingerprint density at radius 2 is 1.84 bits per heavy atom. The maximum Gasteiger partial charge on any atom is 0.185 e. The van der Waals surface area contributed by atoms with Gasteiger partial charge in [0, 0.05) is 73.6 Å². The van der Waals surface area contributed by atoms with E-state index in [0.29, 0.717) is 31.7 Å². The van der Waals surface area contributed by atoms with E-state index >= 15 is 0 Å². The maximum atomic E-state index is 14.3. The number of hydrogen-bond acceptors (Lipinski definition) is 8. The molecule has 5 rings (SSSR count). The average Bonchev–Trinajstić information content (AvgIpc) is 3.41. The number of ether oxygens (including phenoxy) is 1. The van der Waals surface area contributed by atoms with Crippen LogP contribution in [0.15, 0.2) is 47.1 Å². The van der Waals surface area contributed by atoms with Gasteiger partial charge < -0.3 is 14.4 Å². The predicted octanol–water partition coefficient (Wildman–Crippen LogP) is 5.92. The van der Waals surface area contributed by atoms with Crippen LogP contribution in [0.2, 0.25) is 0 Å². The fourth-order valence-electron chi connectivity index (χ4n) is 6.58. The molecule has 0 bridgehead atoms. The van der Waals surface area contributed by atoms with Crippen LogP contribution in [0.1, 0.15) is 81.9 Å². The number of halogens is 2. The minimum absolute atomic E-state index is 0.00854. The van der Waals surface area contributed by atoms with Gasteiger partial charge in [-0.2, -0.15) is 0 Å². The normalized spacial score (nSPS) is 22.2. The van der Waals surface area contributed by atoms with Gasteiger partial charge in [0.1, 0.15) is 28.9 Å². The highest BCUT2D eigenvalue weighted by atomic mass is 19.1. The smallest absolute Gasteiger partial charge is 0.185 e. The Labute approximate surface area is 250 Å². The molecule has 2 aliphatic rings. The lowest BCUT2D eigenvalue weighted by Crippen LogP contribution is -2.62. The van der Waals surface area contributed by atoms with Gasteiger partial charge in [0.25, 0.3) is 0 Å². The minimum atomic E-state index is -0.813. The first-order chi connectivity index (χ1) is 20.3. The van der Waals surface area contributed by atoms with Gasteiger partial charge in [-0.05, 0) is 50.8 Å². The fraction of sp³-hybridized carbons (Fsp3) is 0.515. The first kappa shape index (κ1) is 30.9. The molecule has 0 radical (unpaired) electrons. The van der Waals surface area contributed by atoms with E-state index in [4.69, 9.17) is 9.26 Å². The summed E-state index contributed by atoms with van der Waals surface area (Å²) in [5, 5.41) is 14.3. The number of ketones is 2. The molecule has 2 aromatic heterocycles. The number of carbonyl (C=O) groups excluding carboxylic acids is 2. The zero-order valence-electron chi connectivity index (χ0n) is 25.2. The van der Waals surface area contributed by atoms with Crippen molar-refractivity contribution in [1.82, 2.24) is 15.0 Å². The number of nitrogens with zero attached hydrogens (tertiary/aromatic N) is 3. The van der Waals surface area contributed by atoms with E-state index in [1.165, 1.54) is 12.1 Å².